The zero-order chi connectivity index (χ0) is 20.1. The molecule has 0 aliphatic carbocycles. The molecule has 28 heavy (non-hydrogen) atoms. The van der Waals surface area contributed by atoms with Gasteiger partial charge in [0, 0.05) is 57.1 Å². The van der Waals surface area contributed by atoms with E-state index < -0.39 is 0 Å². The van der Waals surface area contributed by atoms with Crippen molar-refractivity contribution < 1.29 is 0 Å². The second-order valence-corrected chi connectivity index (χ2v) is 7.74. The van der Waals surface area contributed by atoms with Crippen molar-refractivity contribution in [3.8, 4) is 0 Å². The molecule has 6 nitrogen and oxygen atoms in total. The smallest absolute Gasteiger partial charge is 0.191 e. The molecule has 1 aliphatic rings. The first kappa shape index (κ1) is 20.4. The highest BCUT2D eigenvalue weighted by atomic mass is 15.3. The maximum absolute atomic E-state index is 4.49. The van der Waals surface area contributed by atoms with Gasteiger partial charge in [-0.25, -0.2) is 0 Å². The van der Waals surface area contributed by atoms with Crippen molar-refractivity contribution in [2.75, 3.05) is 20.1 Å². The average molecular weight is 383 g/mol. The fourth-order valence-corrected chi connectivity index (χ4v) is 4.01. The van der Waals surface area contributed by atoms with Crippen LogP contribution in [0.2, 0.25) is 0 Å². The number of aliphatic imine (C=N–C) groups is 1. The van der Waals surface area contributed by atoms with Crippen molar-refractivity contribution >= 4 is 5.96 Å². The van der Waals surface area contributed by atoms with Gasteiger partial charge >= 0.3 is 0 Å². The van der Waals surface area contributed by atoms with Crippen LogP contribution in [0.4, 0.5) is 0 Å². The number of hydrogen-bond donors (Lipinski definition) is 2. The van der Waals surface area contributed by atoms with Crippen molar-refractivity contribution in [2.45, 2.75) is 52.2 Å². The maximum atomic E-state index is 4.49. The largest absolute Gasteiger partial charge is 0.354 e. The molecule has 0 spiro atoms. The minimum absolute atomic E-state index is 0.460. The van der Waals surface area contributed by atoms with Gasteiger partial charge < -0.3 is 10.6 Å². The number of hydrogen-bond acceptors (Lipinski definition) is 3. The van der Waals surface area contributed by atoms with Crippen molar-refractivity contribution in [3.63, 3.8) is 0 Å². The Kier molecular flexibility index (Phi) is 6.73. The molecular formula is C22H34N6. The number of nitrogens with zero attached hydrogens (tertiary/aromatic N) is 4. The first-order valence-electron chi connectivity index (χ1n) is 10.2. The summed E-state index contributed by atoms with van der Waals surface area (Å²) in [4.78, 5) is 6.99. The molecule has 6 heteroatoms. The SMILES string of the molecule is CN=C(NCc1c(C)nn(C)c1C)NC1CCN(C(C)c2ccccc2)CC1. The van der Waals surface area contributed by atoms with Crippen molar-refractivity contribution in [1.82, 2.24) is 25.3 Å². The van der Waals surface area contributed by atoms with Crippen LogP contribution in [-0.4, -0.2) is 46.8 Å². The molecule has 0 saturated carbocycles. The number of guanidine groups is 1. The summed E-state index contributed by atoms with van der Waals surface area (Å²) in [5, 5.41) is 11.6. The van der Waals surface area contributed by atoms with E-state index in [1.165, 1.54) is 16.8 Å². The van der Waals surface area contributed by atoms with Gasteiger partial charge in [0.1, 0.15) is 0 Å². The molecule has 2 aromatic rings. The standard InChI is InChI=1S/C22H34N6/c1-16-21(18(3)27(5)26-16)15-24-22(23-4)25-20-11-13-28(14-12-20)17(2)19-9-7-6-8-10-19/h6-10,17,20H,11-15H2,1-5H3,(H2,23,24,25). The Bertz CT molecular complexity index is 787. The van der Waals surface area contributed by atoms with Crippen LogP contribution in [0.5, 0.6) is 0 Å². The lowest BCUT2D eigenvalue weighted by Crippen LogP contribution is -2.48. The van der Waals surface area contributed by atoms with Crippen LogP contribution in [0, 0.1) is 13.8 Å². The summed E-state index contributed by atoms with van der Waals surface area (Å²) in [6.45, 7) is 9.43. The zero-order valence-corrected chi connectivity index (χ0v) is 17.9. The van der Waals surface area contributed by atoms with Gasteiger partial charge in [0.15, 0.2) is 5.96 Å². The van der Waals surface area contributed by atoms with Gasteiger partial charge in [0.25, 0.3) is 0 Å². The van der Waals surface area contributed by atoms with E-state index >= 15 is 0 Å². The van der Waals surface area contributed by atoms with Crippen LogP contribution in [0.15, 0.2) is 35.3 Å². The lowest BCUT2D eigenvalue weighted by molar-refractivity contribution is 0.158. The van der Waals surface area contributed by atoms with Gasteiger partial charge in [0.2, 0.25) is 0 Å². The first-order valence-corrected chi connectivity index (χ1v) is 10.2. The third-order valence-corrected chi connectivity index (χ3v) is 6.02. The van der Waals surface area contributed by atoms with Crippen LogP contribution in [0.1, 0.15) is 48.3 Å². The average Bonchev–Trinajstić information content (AvgIpc) is 2.97. The van der Waals surface area contributed by atoms with Crippen LogP contribution in [0.25, 0.3) is 0 Å². The molecule has 2 N–H and O–H groups in total. The second kappa shape index (κ2) is 9.24. The summed E-state index contributed by atoms with van der Waals surface area (Å²) in [5.74, 6) is 0.872. The zero-order valence-electron chi connectivity index (χ0n) is 17.9. The van der Waals surface area contributed by atoms with E-state index in [0.717, 1.165) is 44.1 Å². The normalized spacial score (nSPS) is 17.5. The minimum atomic E-state index is 0.460. The number of piperidine rings is 1. The molecule has 152 valence electrons. The predicted octanol–water partition coefficient (Wildman–Crippen LogP) is 2.93. The van der Waals surface area contributed by atoms with Crippen molar-refractivity contribution in [1.29, 1.82) is 0 Å². The van der Waals surface area contributed by atoms with Gasteiger partial charge in [-0.3, -0.25) is 14.6 Å². The fourth-order valence-electron chi connectivity index (χ4n) is 4.01. The quantitative estimate of drug-likeness (QED) is 0.617. The Morgan fingerprint density at radius 2 is 1.89 bits per heavy atom. The second-order valence-electron chi connectivity index (χ2n) is 7.74. The lowest BCUT2D eigenvalue weighted by atomic mass is 10.0. The summed E-state index contributed by atoms with van der Waals surface area (Å²) in [7, 11) is 3.83. The van der Waals surface area contributed by atoms with E-state index in [-0.39, 0.29) is 0 Å². The van der Waals surface area contributed by atoms with Crippen LogP contribution >= 0.6 is 0 Å². The molecule has 0 radical (unpaired) electrons. The molecule has 1 saturated heterocycles. The molecule has 0 bridgehead atoms. The monoisotopic (exact) mass is 382 g/mol. The van der Waals surface area contributed by atoms with E-state index in [2.05, 4.69) is 76.7 Å². The Hall–Kier alpha value is -2.34. The minimum Gasteiger partial charge on any atom is -0.354 e. The summed E-state index contributed by atoms with van der Waals surface area (Å²) in [5.41, 5.74) is 4.92. The third kappa shape index (κ3) is 4.73. The van der Waals surface area contributed by atoms with Crippen LogP contribution < -0.4 is 10.6 Å². The molecule has 1 aliphatic heterocycles. The molecule has 0 amide bonds. The molecular weight excluding hydrogens is 348 g/mol. The summed E-state index contributed by atoms with van der Waals surface area (Å²) in [6.07, 6.45) is 2.26. The van der Waals surface area contributed by atoms with E-state index in [4.69, 9.17) is 0 Å². The van der Waals surface area contributed by atoms with Crippen molar-refractivity contribution in [3.05, 3.63) is 52.8 Å². The number of nitrogens with one attached hydrogen (secondary N) is 2. The molecule has 2 heterocycles. The van der Waals surface area contributed by atoms with Gasteiger partial charge in [-0.05, 0) is 39.2 Å². The molecule has 1 fully saturated rings. The van der Waals surface area contributed by atoms with Crippen LogP contribution in [-0.2, 0) is 13.6 Å². The number of aromatic nitrogens is 2. The number of benzene rings is 1. The van der Waals surface area contributed by atoms with E-state index in [1.807, 2.05) is 18.8 Å². The van der Waals surface area contributed by atoms with Gasteiger partial charge in [-0.2, -0.15) is 5.10 Å². The molecule has 1 aromatic carbocycles. The molecule has 1 atom stereocenters. The van der Waals surface area contributed by atoms with Crippen molar-refractivity contribution in [2.24, 2.45) is 12.0 Å². The molecule has 3 rings (SSSR count). The molecule has 1 aromatic heterocycles. The highest BCUT2D eigenvalue weighted by molar-refractivity contribution is 5.80. The topological polar surface area (TPSA) is 57.5 Å². The van der Waals surface area contributed by atoms with Gasteiger partial charge in [-0.15, -0.1) is 0 Å². The van der Waals surface area contributed by atoms with E-state index in [1.54, 1.807) is 0 Å². The highest BCUT2D eigenvalue weighted by Crippen LogP contribution is 2.24. The third-order valence-electron chi connectivity index (χ3n) is 6.02. The Morgan fingerprint density at radius 3 is 2.46 bits per heavy atom. The summed E-state index contributed by atoms with van der Waals surface area (Å²) < 4.78 is 1.94. The first-order chi connectivity index (χ1) is 13.5. The Labute approximate surface area is 169 Å². The Balaban J connectivity index is 1.49. The van der Waals surface area contributed by atoms with Crippen LogP contribution in [0.3, 0.4) is 0 Å². The fraction of sp³-hybridized carbons (Fsp3) is 0.545. The van der Waals surface area contributed by atoms with E-state index in [0.29, 0.717) is 12.1 Å². The number of aryl methyl sites for hydroxylation is 2. The maximum Gasteiger partial charge on any atom is 0.191 e. The van der Waals surface area contributed by atoms with Gasteiger partial charge in [-0.1, -0.05) is 30.3 Å². The Morgan fingerprint density at radius 1 is 1.21 bits per heavy atom. The number of likely N-dealkylation sites (tertiary alicyclic amines) is 1. The van der Waals surface area contributed by atoms with E-state index in [9.17, 15) is 0 Å². The number of rotatable bonds is 5. The summed E-state index contributed by atoms with van der Waals surface area (Å²) >= 11 is 0. The summed E-state index contributed by atoms with van der Waals surface area (Å²) in [6, 6.07) is 11.7. The highest BCUT2D eigenvalue weighted by Gasteiger charge is 2.24. The van der Waals surface area contributed by atoms with Gasteiger partial charge in [0.05, 0.1) is 5.69 Å². The molecule has 1 unspecified atom stereocenters. The predicted molar refractivity (Wildman–Crippen MR) is 115 cm³/mol. The lowest BCUT2D eigenvalue weighted by Gasteiger charge is -2.37.